The number of hydrogen-bond donors (Lipinski definition) is 1. The smallest absolute Gasteiger partial charge is 0.238 e. The number of rotatable bonds is 5. The van der Waals surface area contributed by atoms with E-state index in [1.54, 1.807) is 12.4 Å². The number of aromatic nitrogens is 2. The molecule has 2 aromatic rings. The van der Waals surface area contributed by atoms with Crippen LogP contribution in [0.4, 0.5) is 0 Å². The molecule has 7 heteroatoms. The molecule has 2 aliphatic rings. The molecule has 0 bridgehead atoms. The van der Waals surface area contributed by atoms with Gasteiger partial charge in [-0.2, -0.15) is 0 Å². The zero-order chi connectivity index (χ0) is 16.4. The van der Waals surface area contributed by atoms with E-state index in [2.05, 4.69) is 14.9 Å². The van der Waals surface area contributed by atoms with E-state index in [9.17, 15) is 5.11 Å². The van der Waals surface area contributed by atoms with Crippen LogP contribution in [0, 0.1) is 0 Å². The van der Waals surface area contributed by atoms with E-state index in [1.165, 1.54) is 0 Å². The molecule has 7 nitrogen and oxygen atoms in total. The van der Waals surface area contributed by atoms with Gasteiger partial charge in [-0.15, -0.1) is 0 Å². The summed E-state index contributed by atoms with van der Waals surface area (Å²) in [6, 6.07) is 9.34. The molecule has 2 fully saturated rings. The molecular weight excluding hydrogens is 310 g/mol. The van der Waals surface area contributed by atoms with E-state index in [-0.39, 0.29) is 5.54 Å². The Morgan fingerprint density at radius 3 is 2.58 bits per heavy atom. The first-order valence-electron chi connectivity index (χ1n) is 7.86. The fraction of sp³-hybridized carbons (Fsp3) is 0.412. The van der Waals surface area contributed by atoms with Gasteiger partial charge in [0.25, 0.3) is 0 Å². The number of fused-ring (bicyclic) bond motifs is 1. The van der Waals surface area contributed by atoms with Gasteiger partial charge in [0.2, 0.25) is 5.88 Å². The van der Waals surface area contributed by atoms with E-state index >= 15 is 0 Å². The number of ether oxygens (including phenoxy) is 3. The molecule has 0 amide bonds. The van der Waals surface area contributed by atoms with Crippen molar-refractivity contribution in [1.82, 2.24) is 14.9 Å². The minimum Gasteiger partial charge on any atom is -0.474 e. The molecule has 1 aromatic heterocycles. The summed E-state index contributed by atoms with van der Waals surface area (Å²) in [6.07, 6.45) is 2.22. The molecule has 1 aromatic carbocycles. The SMILES string of the molecule is OC(c1ccccc1)c1nccnc1OCC12COCN1COC2. The standard InChI is InChI=1S/C17H19N3O4/c21-15(13-4-2-1-3-5-13)14-16(19-7-6-18-14)24-10-17-8-22-11-20(17)12-23-9-17/h1-7,15,21H,8-12H2. The Balaban J connectivity index is 1.54. The normalized spacial score (nSPS) is 20.7. The van der Waals surface area contributed by atoms with Gasteiger partial charge in [-0.3, -0.25) is 4.98 Å². The third kappa shape index (κ3) is 2.76. The monoisotopic (exact) mass is 329 g/mol. The summed E-state index contributed by atoms with van der Waals surface area (Å²) >= 11 is 0. The van der Waals surface area contributed by atoms with Crippen molar-refractivity contribution in [2.75, 3.05) is 33.3 Å². The largest absolute Gasteiger partial charge is 0.474 e. The minimum atomic E-state index is -0.886. The van der Waals surface area contributed by atoms with Crippen LogP contribution < -0.4 is 4.74 Å². The average Bonchev–Trinajstić information content (AvgIpc) is 3.20. The fourth-order valence-corrected chi connectivity index (χ4v) is 3.03. The van der Waals surface area contributed by atoms with E-state index in [0.29, 0.717) is 44.9 Å². The molecule has 4 rings (SSSR count). The van der Waals surface area contributed by atoms with Crippen molar-refractivity contribution >= 4 is 0 Å². The summed E-state index contributed by atoms with van der Waals surface area (Å²) in [5.74, 6) is 0.335. The molecular formula is C17H19N3O4. The minimum absolute atomic E-state index is 0.285. The van der Waals surface area contributed by atoms with Gasteiger partial charge >= 0.3 is 0 Å². The van der Waals surface area contributed by atoms with Crippen LogP contribution in [0.3, 0.4) is 0 Å². The summed E-state index contributed by atoms with van der Waals surface area (Å²) < 4.78 is 17.0. The topological polar surface area (TPSA) is 76.9 Å². The molecule has 3 heterocycles. The molecule has 1 unspecified atom stereocenters. The Labute approximate surface area is 139 Å². The number of nitrogens with zero attached hydrogens (tertiary/aromatic N) is 3. The number of aliphatic hydroxyl groups is 1. The van der Waals surface area contributed by atoms with Gasteiger partial charge in [-0.05, 0) is 5.56 Å². The highest BCUT2D eigenvalue weighted by atomic mass is 16.6. The number of benzene rings is 1. The second-order valence-electron chi connectivity index (χ2n) is 6.07. The van der Waals surface area contributed by atoms with Gasteiger partial charge in [-0.25, -0.2) is 9.88 Å². The van der Waals surface area contributed by atoms with Crippen LogP contribution in [0.25, 0.3) is 0 Å². The third-order valence-electron chi connectivity index (χ3n) is 4.45. The van der Waals surface area contributed by atoms with Gasteiger partial charge in [0.1, 0.15) is 37.4 Å². The lowest BCUT2D eigenvalue weighted by molar-refractivity contribution is 0.0693. The second kappa shape index (κ2) is 6.45. The van der Waals surface area contributed by atoms with E-state index in [4.69, 9.17) is 14.2 Å². The van der Waals surface area contributed by atoms with E-state index < -0.39 is 6.10 Å². The predicted molar refractivity (Wildman–Crippen MR) is 84.2 cm³/mol. The average molecular weight is 329 g/mol. The molecule has 2 aliphatic heterocycles. The maximum Gasteiger partial charge on any atom is 0.238 e. The Morgan fingerprint density at radius 1 is 1.12 bits per heavy atom. The third-order valence-corrected chi connectivity index (χ3v) is 4.45. The molecule has 126 valence electrons. The molecule has 2 saturated heterocycles. The van der Waals surface area contributed by atoms with Crippen LogP contribution in [0.5, 0.6) is 5.88 Å². The maximum absolute atomic E-state index is 10.6. The molecule has 0 saturated carbocycles. The lowest BCUT2D eigenvalue weighted by atomic mass is 10.0. The highest BCUT2D eigenvalue weighted by Gasteiger charge is 2.47. The molecule has 0 spiro atoms. The fourth-order valence-electron chi connectivity index (χ4n) is 3.03. The molecule has 0 aliphatic carbocycles. The lowest BCUT2D eigenvalue weighted by Gasteiger charge is -2.27. The Hall–Kier alpha value is -2.06. The van der Waals surface area contributed by atoms with Crippen molar-refractivity contribution in [3.63, 3.8) is 0 Å². The van der Waals surface area contributed by atoms with Crippen LogP contribution in [-0.2, 0) is 9.47 Å². The van der Waals surface area contributed by atoms with Crippen LogP contribution >= 0.6 is 0 Å². The van der Waals surface area contributed by atoms with Crippen molar-refractivity contribution in [2.24, 2.45) is 0 Å². The van der Waals surface area contributed by atoms with Crippen molar-refractivity contribution in [2.45, 2.75) is 11.6 Å². The Bertz CT molecular complexity index is 687. The molecule has 1 atom stereocenters. The maximum atomic E-state index is 10.6. The first-order chi connectivity index (χ1) is 11.8. The molecule has 0 radical (unpaired) electrons. The quantitative estimate of drug-likeness (QED) is 0.875. The summed E-state index contributed by atoms with van der Waals surface area (Å²) in [4.78, 5) is 10.6. The molecule has 24 heavy (non-hydrogen) atoms. The van der Waals surface area contributed by atoms with Crippen LogP contribution in [0.2, 0.25) is 0 Å². The highest BCUT2D eigenvalue weighted by Crippen LogP contribution is 2.31. The van der Waals surface area contributed by atoms with Gasteiger partial charge in [0, 0.05) is 12.4 Å². The van der Waals surface area contributed by atoms with Gasteiger partial charge < -0.3 is 19.3 Å². The van der Waals surface area contributed by atoms with Gasteiger partial charge in [0.15, 0.2) is 0 Å². The van der Waals surface area contributed by atoms with Crippen molar-refractivity contribution in [1.29, 1.82) is 0 Å². The summed E-state index contributed by atoms with van der Waals surface area (Å²) in [5, 5.41) is 10.6. The summed E-state index contributed by atoms with van der Waals surface area (Å²) in [5.41, 5.74) is 0.868. The second-order valence-corrected chi connectivity index (χ2v) is 6.07. The van der Waals surface area contributed by atoms with Crippen molar-refractivity contribution < 1.29 is 19.3 Å². The molecule has 1 N–H and O–H groups in total. The van der Waals surface area contributed by atoms with Gasteiger partial charge in [0.05, 0.1) is 13.2 Å². The zero-order valence-electron chi connectivity index (χ0n) is 13.2. The lowest BCUT2D eigenvalue weighted by Crippen LogP contribution is -2.48. The van der Waals surface area contributed by atoms with Crippen LogP contribution in [-0.4, -0.2) is 58.8 Å². The predicted octanol–water partition coefficient (Wildman–Crippen LogP) is 0.953. The first kappa shape index (κ1) is 15.5. The van der Waals surface area contributed by atoms with Crippen molar-refractivity contribution in [3.8, 4) is 5.88 Å². The summed E-state index contributed by atoms with van der Waals surface area (Å²) in [6.45, 7) is 2.58. The number of hydrogen-bond acceptors (Lipinski definition) is 7. The van der Waals surface area contributed by atoms with Gasteiger partial charge in [-0.1, -0.05) is 30.3 Å². The van der Waals surface area contributed by atoms with Crippen LogP contribution in [0.1, 0.15) is 17.4 Å². The number of aliphatic hydroxyl groups excluding tert-OH is 1. The highest BCUT2D eigenvalue weighted by molar-refractivity contribution is 5.30. The zero-order valence-corrected chi connectivity index (χ0v) is 13.2. The van der Waals surface area contributed by atoms with E-state index in [0.717, 1.165) is 5.56 Å². The Kier molecular flexibility index (Phi) is 4.15. The summed E-state index contributed by atoms with van der Waals surface area (Å²) in [7, 11) is 0. The van der Waals surface area contributed by atoms with Crippen LogP contribution in [0.15, 0.2) is 42.7 Å². The Morgan fingerprint density at radius 2 is 1.83 bits per heavy atom. The van der Waals surface area contributed by atoms with E-state index in [1.807, 2.05) is 30.3 Å². The first-order valence-corrected chi connectivity index (χ1v) is 7.86. The van der Waals surface area contributed by atoms with Crippen molar-refractivity contribution in [3.05, 3.63) is 54.0 Å².